The average Bonchev–Trinajstić information content (AvgIpc) is 2.86. The summed E-state index contributed by atoms with van der Waals surface area (Å²) in [6, 6.07) is 0.761. The highest BCUT2D eigenvalue weighted by Gasteiger charge is 2.15. The van der Waals surface area contributed by atoms with Gasteiger partial charge in [0.25, 0.3) is 0 Å². The van der Waals surface area contributed by atoms with Gasteiger partial charge in [-0.3, -0.25) is 0 Å². The summed E-state index contributed by atoms with van der Waals surface area (Å²) >= 11 is 1.86. The number of thiazole rings is 1. The second-order valence-electron chi connectivity index (χ2n) is 4.72. The molecule has 1 aromatic rings. The first-order chi connectivity index (χ1) is 7.79. The van der Waals surface area contributed by atoms with Crippen molar-refractivity contribution in [3.05, 3.63) is 15.6 Å². The zero-order valence-electron chi connectivity index (χ0n) is 10.4. The van der Waals surface area contributed by atoms with Crippen molar-refractivity contribution in [2.24, 2.45) is 0 Å². The fourth-order valence-corrected chi connectivity index (χ4v) is 3.38. The molecule has 0 aromatic carbocycles. The molecule has 0 unspecified atom stereocenters. The third-order valence-corrected chi connectivity index (χ3v) is 4.29. The van der Waals surface area contributed by atoms with Gasteiger partial charge in [0.2, 0.25) is 0 Å². The van der Waals surface area contributed by atoms with E-state index in [2.05, 4.69) is 24.1 Å². The molecule has 0 saturated heterocycles. The van der Waals surface area contributed by atoms with Crippen LogP contribution in [0.15, 0.2) is 0 Å². The van der Waals surface area contributed by atoms with Crippen LogP contribution in [-0.4, -0.2) is 11.0 Å². The fraction of sp³-hybridized carbons (Fsp3) is 0.769. The van der Waals surface area contributed by atoms with E-state index >= 15 is 0 Å². The van der Waals surface area contributed by atoms with Gasteiger partial charge in [-0.25, -0.2) is 4.98 Å². The molecule has 0 aliphatic heterocycles. The first-order valence-corrected chi connectivity index (χ1v) is 7.29. The number of hydrogen-bond donors (Lipinski definition) is 1. The van der Waals surface area contributed by atoms with Crippen LogP contribution >= 0.6 is 11.3 Å². The summed E-state index contributed by atoms with van der Waals surface area (Å²) in [6.07, 6.45) is 7.86. The third kappa shape index (κ3) is 3.05. The van der Waals surface area contributed by atoms with Gasteiger partial charge in [0.1, 0.15) is 0 Å². The predicted molar refractivity (Wildman–Crippen MR) is 69.9 cm³/mol. The average molecular weight is 238 g/mol. The molecule has 0 bridgehead atoms. The molecular weight excluding hydrogens is 216 g/mol. The molecule has 90 valence electrons. The van der Waals surface area contributed by atoms with Crippen molar-refractivity contribution in [2.45, 2.75) is 65.0 Å². The quantitative estimate of drug-likeness (QED) is 0.850. The molecule has 16 heavy (non-hydrogen) atoms. The Bertz CT molecular complexity index is 327. The zero-order chi connectivity index (χ0) is 11.4. The van der Waals surface area contributed by atoms with Crippen LogP contribution in [0.25, 0.3) is 0 Å². The lowest BCUT2D eigenvalue weighted by atomic mass is 10.2. The number of aryl methyl sites for hydroxylation is 2. The molecule has 3 heteroatoms. The summed E-state index contributed by atoms with van der Waals surface area (Å²) in [5.74, 6) is 0. The summed E-state index contributed by atoms with van der Waals surface area (Å²) in [4.78, 5) is 6.09. The van der Waals surface area contributed by atoms with Gasteiger partial charge in [-0.1, -0.05) is 26.2 Å². The Hall–Kier alpha value is -0.410. The normalized spacial score (nSPS) is 17.1. The van der Waals surface area contributed by atoms with Gasteiger partial charge in [0.05, 0.1) is 10.7 Å². The molecule has 1 fully saturated rings. The van der Waals surface area contributed by atoms with Crippen molar-refractivity contribution in [2.75, 3.05) is 0 Å². The smallest absolute Gasteiger partial charge is 0.0900 e. The third-order valence-electron chi connectivity index (χ3n) is 3.28. The monoisotopic (exact) mass is 238 g/mol. The lowest BCUT2D eigenvalue weighted by Crippen LogP contribution is -2.25. The summed E-state index contributed by atoms with van der Waals surface area (Å²) < 4.78 is 0. The predicted octanol–water partition coefficient (Wildman–Crippen LogP) is 3.44. The van der Waals surface area contributed by atoms with Crippen LogP contribution in [0.5, 0.6) is 0 Å². The molecule has 2 rings (SSSR count). The van der Waals surface area contributed by atoms with Crippen molar-refractivity contribution in [1.29, 1.82) is 0 Å². The Labute approximate surface area is 102 Å². The summed E-state index contributed by atoms with van der Waals surface area (Å²) in [7, 11) is 0. The number of hydrogen-bond acceptors (Lipinski definition) is 3. The van der Waals surface area contributed by atoms with Gasteiger partial charge in [0.15, 0.2) is 0 Å². The SMILES string of the molecule is CCCc1nc(C)sc1CNC1CCCC1. The number of nitrogens with zero attached hydrogens (tertiary/aromatic N) is 1. The van der Waals surface area contributed by atoms with Crippen LogP contribution in [0.4, 0.5) is 0 Å². The first kappa shape index (κ1) is 12.1. The van der Waals surface area contributed by atoms with Crippen LogP contribution in [0.3, 0.4) is 0 Å². The summed E-state index contributed by atoms with van der Waals surface area (Å²) in [5, 5.41) is 4.89. The highest BCUT2D eigenvalue weighted by Crippen LogP contribution is 2.22. The molecule has 1 aliphatic rings. The molecule has 0 atom stereocenters. The highest BCUT2D eigenvalue weighted by molar-refractivity contribution is 7.11. The van der Waals surface area contributed by atoms with Crippen molar-refractivity contribution >= 4 is 11.3 Å². The van der Waals surface area contributed by atoms with Crippen molar-refractivity contribution in [3.8, 4) is 0 Å². The highest BCUT2D eigenvalue weighted by atomic mass is 32.1. The molecular formula is C13H22N2S. The fourth-order valence-electron chi connectivity index (χ4n) is 2.45. The van der Waals surface area contributed by atoms with Crippen LogP contribution < -0.4 is 5.32 Å². The maximum Gasteiger partial charge on any atom is 0.0900 e. The van der Waals surface area contributed by atoms with Gasteiger partial charge in [0, 0.05) is 17.5 Å². The van der Waals surface area contributed by atoms with Gasteiger partial charge in [-0.2, -0.15) is 0 Å². The van der Waals surface area contributed by atoms with E-state index in [1.165, 1.54) is 47.7 Å². The lowest BCUT2D eigenvalue weighted by molar-refractivity contribution is 0.525. The Morgan fingerprint density at radius 3 is 2.81 bits per heavy atom. The van der Waals surface area contributed by atoms with Gasteiger partial charge in [-0.15, -0.1) is 11.3 Å². The number of aromatic nitrogens is 1. The zero-order valence-corrected chi connectivity index (χ0v) is 11.2. The van der Waals surface area contributed by atoms with Gasteiger partial charge >= 0.3 is 0 Å². The molecule has 1 aliphatic carbocycles. The molecule has 1 heterocycles. The lowest BCUT2D eigenvalue weighted by Gasteiger charge is -2.11. The van der Waals surface area contributed by atoms with Crippen molar-refractivity contribution in [3.63, 3.8) is 0 Å². The van der Waals surface area contributed by atoms with E-state index in [1.54, 1.807) is 0 Å². The Kier molecular flexibility index (Phi) is 4.36. The molecule has 2 nitrogen and oxygen atoms in total. The van der Waals surface area contributed by atoms with E-state index in [4.69, 9.17) is 0 Å². The topological polar surface area (TPSA) is 24.9 Å². The van der Waals surface area contributed by atoms with E-state index in [9.17, 15) is 0 Å². The van der Waals surface area contributed by atoms with Crippen LogP contribution in [0.1, 0.15) is 54.6 Å². The van der Waals surface area contributed by atoms with Gasteiger partial charge < -0.3 is 5.32 Å². The Morgan fingerprint density at radius 2 is 2.12 bits per heavy atom. The number of nitrogens with one attached hydrogen (secondary N) is 1. The van der Waals surface area contributed by atoms with E-state index in [-0.39, 0.29) is 0 Å². The minimum absolute atomic E-state index is 0.761. The van der Waals surface area contributed by atoms with Crippen LogP contribution in [-0.2, 0) is 13.0 Å². The first-order valence-electron chi connectivity index (χ1n) is 6.48. The van der Waals surface area contributed by atoms with Crippen molar-refractivity contribution in [1.82, 2.24) is 10.3 Å². The molecule has 1 saturated carbocycles. The number of rotatable bonds is 5. The summed E-state index contributed by atoms with van der Waals surface area (Å²) in [6.45, 7) is 5.37. The summed E-state index contributed by atoms with van der Waals surface area (Å²) in [5.41, 5.74) is 1.33. The minimum Gasteiger partial charge on any atom is -0.309 e. The maximum absolute atomic E-state index is 4.62. The van der Waals surface area contributed by atoms with E-state index < -0.39 is 0 Å². The van der Waals surface area contributed by atoms with Crippen LogP contribution in [0, 0.1) is 6.92 Å². The minimum atomic E-state index is 0.761. The second-order valence-corrected chi connectivity index (χ2v) is 6.00. The Balaban J connectivity index is 1.91. The van der Waals surface area contributed by atoms with E-state index in [1.807, 2.05) is 11.3 Å². The van der Waals surface area contributed by atoms with E-state index in [0.717, 1.165) is 19.0 Å². The largest absolute Gasteiger partial charge is 0.309 e. The molecule has 1 aromatic heterocycles. The maximum atomic E-state index is 4.62. The second kappa shape index (κ2) is 5.78. The standard InChI is InChI=1S/C13H22N2S/c1-3-6-12-13(16-10(2)15-12)9-14-11-7-4-5-8-11/h11,14H,3-9H2,1-2H3. The van der Waals surface area contributed by atoms with Crippen LogP contribution in [0.2, 0.25) is 0 Å². The molecule has 0 amide bonds. The molecule has 0 spiro atoms. The molecule has 1 N–H and O–H groups in total. The Morgan fingerprint density at radius 1 is 1.38 bits per heavy atom. The molecule has 0 radical (unpaired) electrons. The van der Waals surface area contributed by atoms with Crippen molar-refractivity contribution < 1.29 is 0 Å². The van der Waals surface area contributed by atoms with Gasteiger partial charge in [-0.05, 0) is 26.2 Å². The van der Waals surface area contributed by atoms with E-state index in [0.29, 0.717) is 0 Å².